The van der Waals surface area contributed by atoms with Gasteiger partial charge in [0, 0.05) is 0 Å². The number of benzene rings is 8. The molecule has 0 atom stereocenters. The van der Waals surface area contributed by atoms with Gasteiger partial charge in [-0.05, 0) is 21.7 Å². The van der Waals surface area contributed by atoms with Crippen molar-refractivity contribution in [2.75, 3.05) is 0 Å². The van der Waals surface area contributed by atoms with Crippen LogP contribution in [0, 0.1) is 12.2 Å². The molecule has 0 heterocycles. The van der Waals surface area contributed by atoms with Crippen LogP contribution in [0.4, 0.5) is 0 Å². The van der Waals surface area contributed by atoms with Crippen molar-refractivity contribution in [1.29, 1.82) is 0 Å². The van der Waals surface area contributed by atoms with Gasteiger partial charge in [0.25, 0.3) is 0 Å². The molecule has 10 aromatic carbocycles. The number of rotatable bonds is 4. The van der Waals surface area contributed by atoms with Gasteiger partial charge < -0.3 is 24.8 Å². The third-order valence-corrected chi connectivity index (χ3v) is 17.7. The summed E-state index contributed by atoms with van der Waals surface area (Å²) in [5, 5.41) is 11.0. The van der Waals surface area contributed by atoms with E-state index in [4.69, 9.17) is 0 Å². The SMILES string of the molecule is CC(C)(C)c1ccc2c(c1)[cH-]c1cc(C(C)(C)C)ccc12.CC(C)(C)c1ccc2c(c1)[cH-]c1cc(C(C)(C)C)ccc12.CC1=CC[C-]=C1.CC1=CC[C-]=C1.[Cl-].[Cl-].[Zr+2]=[C](c1ccccc1)c1ccccc1.[Zr+2]=[C](c1ccccc1)c1ccccc1. The second kappa shape index (κ2) is 31.3. The Morgan fingerprint density at radius 2 is 0.548 bits per heavy atom. The van der Waals surface area contributed by atoms with Crippen molar-refractivity contribution >= 4 is 49.5 Å². The van der Waals surface area contributed by atoms with E-state index in [1.165, 1.54) is 154 Å². The monoisotopic (exact) mass is 1290 g/mol. The predicted octanol–water partition coefficient (Wildman–Crippen LogP) is 15.6. The van der Waals surface area contributed by atoms with Crippen LogP contribution in [-0.2, 0) is 70.1 Å². The maximum atomic E-state index is 3.05. The molecule has 2 aliphatic rings. The Hall–Kier alpha value is -5.45. The Morgan fingerprint density at radius 1 is 0.333 bits per heavy atom. The van der Waals surface area contributed by atoms with E-state index in [0.717, 1.165) is 12.8 Å². The van der Waals surface area contributed by atoms with Crippen molar-refractivity contribution in [3.63, 3.8) is 0 Å². The molecule has 0 fully saturated rings. The average molecular weight is 1300 g/mol. The summed E-state index contributed by atoms with van der Waals surface area (Å²) < 4.78 is 2.83. The van der Waals surface area contributed by atoms with Gasteiger partial charge in [0.1, 0.15) is 0 Å². The number of allylic oxidation sites excluding steroid dienone is 8. The second-order valence-corrected chi connectivity index (χ2v) is 28.2. The number of halogens is 2. The van der Waals surface area contributed by atoms with Gasteiger partial charge in [-0.15, -0.1) is 106 Å². The van der Waals surface area contributed by atoms with Crippen LogP contribution < -0.4 is 24.8 Å². The van der Waals surface area contributed by atoms with Gasteiger partial charge in [-0.1, -0.05) is 154 Å². The van der Waals surface area contributed by atoms with Crippen molar-refractivity contribution in [3.8, 4) is 0 Å². The maximum absolute atomic E-state index is 3.05. The first-order chi connectivity index (χ1) is 38.9. The Morgan fingerprint density at radius 3 is 0.702 bits per heavy atom. The molecule has 0 N–H and O–H groups in total. The Kier molecular flexibility index (Phi) is 25.8. The van der Waals surface area contributed by atoms with E-state index in [-0.39, 0.29) is 46.5 Å². The van der Waals surface area contributed by atoms with E-state index >= 15 is 0 Å². The third kappa shape index (κ3) is 19.8. The fraction of sp³-hybridized carbons (Fsp3) is 0.250. The average Bonchev–Trinajstić information content (AvgIpc) is 2.78. The molecule has 12 rings (SSSR count). The summed E-state index contributed by atoms with van der Waals surface area (Å²) in [6.45, 7) is 31.4. The fourth-order valence-electron chi connectivity index (χ4n) is 9.66. The zero-order chi connectivity index (χ0) is 59.2. The summed E-state index contributed by atoms with van der Waals surface area (Å²) in [5.41, 5.74) is 14.4. The van der Waals surface area contributed by atoms with Gasteiger partial charge in [0.05, 0.1) is 0 Å². The first-order valence-corrected chi connectivity index (χ1v) is 31.5. The van der Waals surface area contributed by atoms with Crippen molar-refractivity contribution in [2.24, 2.45) is 0 Å². The molecule has 0 aliphatic heterocycles. The molecule has 0 saturated carbocycles. The molecule has 0 aromatic heterocycles. The van der Waals surface area contributed by atoms with Gasteiger partial charge in [-0.3, -0.25) is 12.2 Å². The number of hydrogen-bond acceptors (Lipinski definition) is 0. The van der Waals surface area contributed by atoms with Crippen LogP contribution in [-0.4, -0.2) is 6.41 Å². The van der Waals surface area contributed by atoms with Gasteiger partial charge in [0.2, 0.25) is 0 Å². The zero-order valence-corrected chi connectivity index (χ0v) is 58.5. The molecule has 0 spiro atoms. The van der Waals surface area contributed by atoms with Crippen LogP contribution in [0.15, 0.2) is 242 Å². The van der Waals surface area contributed by atoms with Crippen LogP contribution in [0.3, 0.4) is 0 Å². The third-order valence-electron chi connectivity index (χ3n) is 14.9. The minimum atomic E-state index is 0. The summed E-state index contributed by atoms with van der Waals surface area (Å²) in [6, 6.07) is 74.6. The van der Waals surface area contributed by atoms with Crippen molar-refractivity contribution in [3.05, 3.63) is 298 Å². The van der Waals surface area contributed by atoms with Crippen molar-refractivity contribution in [1.82, 2.24) is 0 Å². The minimum absolute atomic E-state index is 0. The fourth-order valence-corrected chi connectivity index (χ4v) is 11.3. The molecule has 0 nitrogen and oxygen atoms in total. The normalized spacial score (nSPS) is 12.5. The molecular weight excluding hydrogens is 1210 g/mol. The standard InChI is InChI=1S/2C21H25.2C13H10.2C6H7.2ClH.2Zr/c2*1-20(2,3)16-7-9-18-14(12-16)11-15-13-17(21(4,5)6)8-10-19(15)18;2*1-3-7-12(8-4-1)11-13-9-5-2-6-10-13;2*1-6-4-2-3-5-6;;;;/h2*7-13H,1-6H3;2*1-10H;2*4-5H,2H2,1H3;2*1H;;/q2*-1;;;2*-1;;;2*+2/p-2. The van der Waals surface area contributed by atoms with Crippen LogP contribution >= 0.6 is 0 Å². The van der Waals surface area contributed by atoms with Gasteiger partial charge in [-0.25, -0.2) is 23.3 Å². The molecule has 0 unspecified atom stereocenters. The van der Waals surface area contributed by atoms with E-state index in [1.807, 2.05) is 12.2 Å². The Balaban J connectivity index is 0.000000193. The molecule has 0 radical (unpaired) electrons. The van der Waals surface area contributed by atoms with Crippen LogP contribution in [0.2, 0.25) is 0 Å². The van der Waals surface area contributed by atoms with E-state index < -0.39 is 0 Å². The first kappa shape index (κ1) is 69.3. The summed E-state index contributed by atoms with van der Waals surface area (Å²) in [7, 11) is 0. The molecule has 10 aromatic rings. The van der Waals surface area contributed by atoms with E-state index in [2.05, 4.69) is 327 Å². The Labute approximate surface area is 547 Å². The summed E-state index contributed by atoms with van der Waals surface area (Å²) in [5.74, 6) is 0. The predicted molar refractivity (Wildman–Crippen MR) is 353 cm³/mol. The topological polar surface area (TPSA) is 0 Å². The number of hydrogen-bond donors (Lipinski definition) is 0. The van der Waals surface area contributed by atoms with Crippen molar-refractivity contribution in [2.45, 2.75) is 131 Å². The summed E-state index contributed by atoms with van der Waals surface area (Å²) in [6.07, 6.45) is 16.5. The van der Waals surface area contributed by atoms with Crippen LogP contribution in [0.5, 0.6) is 0 Å². The van der Waals surface area contributed by atoms with Gasteiger partial charge >= 0.3 is 198 Å². The summed E-state index contributed by atoms with van der Waals surface area (Å²) in [4.78, 5) is 0. The zero-order valence-electron chi connectivity index (χ0n) is 52.1. The number of fused-ring (bicyclic) bond motifs is 6. The van der Waals surface area contributed by atoms with Crippen LogP contribution in [0.25, 0.3) is 43.1 Å². The molecular formula is C80H84Cl2Zr2-2. The molecule has 4 heteroatoms. The molecule has 0 saturated heterocycles. The van der Waals surface area contributed by atoms with Crippen LogP contribution in [0.1, 0.15) is 154 Å². The van der Waals surface area contributed by atoms with Gasteiger partial charge in [0.15, 0.2) is 0 Å². The Bertz CT molecular complexity index is 3370. The molecule has 428 valence electrons. The van der Waals surface area contributed by atoms with E-state index in [1.54, 1.807) is 0 Å². The quantitative estimate of drug-likeness (QED) is 0.154. The molecule has 84 heavy (non-hydrogen) atoms. The van der Waals surface area contributed by atoms with E-state index in [9.17, 15) is 0 Å². The molecule has 0 amide bonds. The molecule has 0 bridgehead atoms. The first-order valence-electron chi connectivity index (χ1n) is 29.0. The second-order valence-electron chi connectivity index (χ2n) is 25.7. The van der Waals surface area contributed by atoms with Crippen molar-refractivity contribution < 1.29 is 73.3 Å². The van der Waals surface area contributed by atoms with Gasteiger partial charge in [-0.2, -0.15) is 12.2 Å². The summed E-state index contributed by atoms with van der Waals surface area (Å²) >= 11 is 2.92. The molecule has 2 aliphatic carbocycles. The van der Waals surface area contributed by atoms with E-state index in [0.29, 0.717) is 0 Å².